The zero-order valence-electron chi connectivity index (χ0n) is 11.0. The summed E-state index contributed by atoms with van der Waals surface area (Å²) in [5, 5.41) is 6.42. The van der Waals surface area contributed by atoms with Crippen molar-refractivity contribution in [3.05, 3.63) is 28.2 Å². The van der Waals surface area contributed by atoms with E-state index in [0.717, 1.165) is 36.2 Å². The van der Waals surface area contributed by atoms with Gasteiger partial charge >= 0.3 is 0 Å². The average molecular weight is 327 g/mol. The molecule has 0 bridgehead atoms. The number of hydrogen-bond acceptors (Lipinski definition) is 3. The molecule has 0 aromatic heterocycles. The van der Waals surface area contributed by atoms with Crippen molar-refractivity contribution in [1.82, 2.24) is 10.6 Å². The highest BCUT2D eigenvalue weighted by molar-refractivity contribution is 9.10. The second kappa shape index (κ2) is 6.91. The molecule has 1 aliphatic heterocycles. The van der Waals surface area contributed by atoms with E-state index in [1.165, 1.54) is 6.42 Å². The maximum Gasteiger partial charge on any atom is 0.251 e. The van der Waals surface area contributed by atoms with E-state index in [-0.39, 0.29) is 11.9 Å². The van der Waals surface area contributed by atoms with Crippen LogP contribution in [0.15, 0.2) is 22.7 Å². The van der Waals surface area contributed by atoms with Gasteiger partial charge in [-0.3, -0.25) is 4.79 Å². The lowest BCUT2D eigenvalue weighted by molar-refractivity contribution is 0.0935. The number of halogens is 1. The zero-order chi connectivity index (χ0) is 13.7. The molecule has 1 saturated heterocycles. The molecule has 1 fully saturated rings. The molecule has 1 aromatic carbocycles. The Morgan fingerprint density at radius 3 is 3.05 bits per heavy atom. The molecule has 1 atom stereocenters. The molecule has 1 unspecified atom stereocenters. The van der Waals surface area contributed by atoms with Crippen LogP contribution < -0.4 is 15.4 Å². The van der Waals surface area contributed by atoms with E-state index >= 15 is 0 Å². The minimum atomic E-state index is -0.0305. The van der Waals surface area contributed by atoms with Crippen LogP contribution >= 0.6 is 15.9 Å². The van der Waals surface area contributed by atoms with Gasteiger partial charge in [0.15, 0.2) is 0 Å². The van der Waals surface area contributed by atoms with Gasteiger partial charge < -0.3 is 15.4 Å². The molecule has 5 heteroatoms. The van der Waals surface area contributed by atoms with Gasteiger partial charge in [-0.05, 0) is 53.5 Å². The van der Waals surface area contributed by atoms with Crippen LogP contribution in [-0.2, 0) is 0 Å². The highest BCUT2D eigenvalue weighted by Gasteiger charge is 2.16. The maximum absolute atomic E-state index is 12.2. The number of ether oxygens (including phenoxy) is 1. The fourth-order valence-corrected chi connectivity index (χ4v) is 2.76. The van der Waals surface area contributed by atoms with Crippen LogP contribution in [0.25, 0.3) is 0 Å². The second-order valence-electron chi connectivity index (χ2n) is 4.72. The molecule has 2 rings (SSSR count). The summed E-state index contributed by atoms with van der Waals surface area (Å²) in [6.07, 6.45) is 3.38. The van der Waals surface area contributed by atoms with Crippen LogP contribution in [0.4, 0.5) is 0 Å². The summed E-state index contributed by atoms with van der Waals surface area (Å²) in [5.74, 6) is 0.699. The number of nitrogens with one attached hydrogen (secondary N) is 2. The zero-order valence-corrected chi connectivity index (χ0v) is 12.6. The Balaban J connectivity index is 2.00. The Kier molecular flexibility index (Phi) is 5.22. The molecule has 1 aliphatic rings. The number of hydrogen-bond donors (Lipinski definition) is 2. The first-order chi connectivity index (χ1) is 9.20. The lowest BCUT2D eigenvalue weighted by atomic mass is 10.1. The van der Waals surface area contributed by atoms with Crippen LogP contribution in [0.3, 0.4) is 0 Å². The predicted octanol–water partition coefficient (Wildman–Crippen LogP) is 2.33. The smallest absolute Gasteiger partial charge is 0.251 e. The maximum atomic E-state index is 12.2. The SMILES string of the molecule is COc1ccc(C(=O)NC2CCCCNC2)cc1Br. The number of methoxy groups -OCH3 is 1. The third-order valence-electron chi connectivity index (χ3n) is 3.30. The van der Waals surface area contributed by atoms with E-state index < -0.39 is 0 Å². The third-order valence-corrected chi connectivity index (χ3v) is 3.92. The Bertz CT molecular complexity index is 443. The van der Waals surface area contributed by atoms with Crippen LogP contribution in [0.1, 0.15) is 29.6 Å². The molecule has 0 spiro atoms. The molecule has 0 radical (unpaired) electrons. The van der Waals surface area contributed by atoms with E-state index in [9.17, 15) is 4.79 Å². The summed E-state index contributed by atoms with van der Waals surface area (Å²) in [4.78, 5) is 12.2. The molecule has 1 heterocycles. The van der Waals surface area contributed by atoms with Gasteiger partial charge in [-0.1, -0.05) is 6.42 Å². The first-order valence-corrected chi connectivity index (χ1v) is 7.35. The first-order valence-electron chi connectivity index (χ1n) is 6.56. The highest BCUT2D eigenvalue weighted by atomic mass is 79.9. The van der Waals surface area contributed by atoms with Crippen molar-refractivity contribution < 1.29 is 9.53 Å². The Morgan fingerprint density at radius 1 is 1.47 bits per heavy atom. The van der Waals surface area contributed by atoms with Gasteiger partial charge in [0.25, 0.3) is 5.91 Å². The van der Waals surface area contributed by atoms with Gasteiger partial charge in [0.05, 0.1) is 11.6 Å². The quantitative estimate of drug-likeness (QED) is 0.896. The van der Waals surface area contributed by atoms with E-state index in [2.05, 4.69) is 26.6 Å². The van der Waals surface area contributed by atoms with Crippen molar-refractivity contribution in [3.63, 3.8) is 0 Å². The normalized spacial score (nSPS) is 19.6. The lowest BCUT2D eigenvalue weighted by Gasteiger charge is -2.16. The van der Waals surface area contributed by atoms with Crippen LogP contribution in [0, 0.1) is 0 Å². The summed E-state index contributed by atoms with van der Waals surface area (Å²) in [7, 11) is 1.61. The standard InChI is InChI=1S/C14H19BrN2O2/c1-19-13-6-5-10(8-12(13)15)14(18)17-11-4-2-3-7-16-9-11/h5-6,8,11,16H,2-4,7,9H2,1H3,(H,17,18). The van der Waals surface area contributed by atoms with Gasteiger partial charge in [0.2, 0.25) is 0 Å². The van der Waals surface area contributed by atoms with Crippen molar-refractivity contribution in [3.8, 4) is 5.75 Å². The lowest BCUT2D eigenvalue weighted by Crippen LogP contribution is -2.40. The molecule has 19 heavy (non-hydrogen) atoms. The molecule has 0 saturated carbocycles. The van der Waals surface area contributed by atoms with Gasteiger partial charge in [0.1, 0.15) is 5.75 Å². The number of benzene rings is 1. The topological polar surface area (TPSA) is 50.4 Å². The van der Waals surface area contributed by atoms with E-state index in [4.69, 9.17) is 4.74 Å². The number of carbonyl (C=O) groups excluding carboxylic acids is 1. The monoisotopic (exact) mass is 326 g/mol. The molecule has 1 amide bonds. The summed E-state index contributed by atoms with van der Waals surface area (Å²) in [5.41, 5.74) is 0.650. The van der Waals surface area contributed by atoms with Crippen LogP contribution in [0.5, 0.6) is 5.75 Å². The van der Waals surface area contributed by atoms with Crippen molar-refractivity contribution in [2.75, 3.05) is 20.2 Å². The summed E-state index contributed by atoms with van der Waals surface area (Å²) >= 11 is 3.40. The minimum Gasteiger partial charge on any atom is -0.496 e. The van der Waals surface area contributed by atoms with Crippen molar-refractivity contribution in [2.24, 2.45) is 0 Å². The largest absolute Gasteiger partial charge is 0.496 e. The Hall–Kier alpha value is -1.07. The van der Waals surface area contributed by atoms with E-state index in [0.29, 0.717) is 5.56 Å². The molecule has 1 aromatic rings. The summed E-state index contributed by atoms with van der Waals surface area (Å²) in [6.45, 7) is 1.89. The second-order valence-corrected chi connectivity index (χ2v) is 5.57. The number of rotatable bonds is 3. The van der Waals surface area contributed by atoms with Gasteiger partial charge in [-0.2, -0.15) is 0 Å². The Labute approximate surface area is 122 Å². The van der Waals surface area contributed by atoms with Gasteiger partial charge in [0, 0.05) is 18.2 Å². The molecule has 4 nitrogen and oxygen atoms in total. The third kappa shape index (κ3) is 3.94. The van der Waals surface area contributed by atoms with Crippen molar-refractivity contribution in [2.45, 2.75) is 25.3 Å². The molecule has 104 valence electrons. The summed E-state index contributed by atoms with van der Waals surface area (Å²) < 4.78 is 5.95. The predicted molar refractivity (Wildman–Crippen MR) is 78.7 cm³/mol. The number of carbonyl (C=O) groups is 1. The van der Waals surface area contributed by atoms with Crippen molar-refractivity contribution >= 4 is 21.8 Å². The molecular formula is C14H19BrN2O2. The fraction of sp³-hybridized carbons (Fsp3) is 0.500. The van der Waals surface area contributed by atoms with Crippen LogP contribution in [0.2, 0.25) is 0 Å². The average Bonchev–Trinajstić information content (AvgIpc) is 2.67. The van der Waals surface area contributed by atoms with E-state index in [1.807, 2.05) is 0 Å². The highest BCUT2D eigenvalue weighted by Crippen LogP contribution is 2.25. The summed E-state index contributed by atoms with van der Waals surface area (Å²) in [6, 6.07) is 5.59. The molecule has 0 aliphatic carbocycles. The fourth-order valence-electron chi connectivity index (χ4n) is 2.22. The minimum absolute atomic E-state index is 0.0305. The molecule has 2 N–H and O–H groups in total. The van der Waals surface area contributed by atoms with Crippen molar-refractivity contribution in [1.29, 1.82) is 0 Å². The van der Waals surface area contributed by atoms with Gasteiger partial charge in [-0.15, -0.1) is 0 Å². The number of amides is 1. The van der Waals surface area contributed by atoms with Gasteiger partial charge in [-0.25, -0.2) is 0 Å². The molecular weight excluding hydrogens is 308 g/mol. The first kappa shape index (κ1) is 14.3. The van der Waals surface area contributed by atoms with Crippen LogP contribution in [-0.4, -0.2) is 32.1 Å². The van der Waals surface area contributed by atoms with E-state index in [1.54, 1.807) is 25.3 Å². The Morgan fingerprint density at radius 2 is 2.32 bits per heavy atom.